The predicted octanol–water partition coefficient (Wildman–Crippen LogP) is 3.53. The topological polar surface area (TPSA) is 0 Å². The molecule has 0 nitrogen and oxygen atoms in total. The van der Waals surface area contributed by atoms with E-state index >= 15 is 0 Å². The summed E-state index contributed by atoms with van der Waals surface area (Å²) in [5, 5.41) is 0. The SMILES string of the molecule is [C]#CCCCCCCCC[CH2]. The van der Waals surface area contributed by atoms with Crippen LogP contribution in [0.5, 0.6) is 0 Å². The van der Waals surface area contributed by atoms with E-state index in [1.807, 2.05) is 0 Å². The Morgan fingerprint density at radius 2 is 1.45 bits per heavy atom. The molecule has 0 fully saturated rings. The molecular weight excluding hydrogens is 132 g/mol. The van der Waals surface area contributed by atoms with Gasteiger partial charge in [-0.25, -0.2) is 0 Å². The van der Waals surface area contributed by atoms with E-state index < -0.39 is 0 Å². The van der Waals surface area contributed by atoms with Gasteiger partial charge in [0, 0.05) is 6.42 Å². The highest BCUT2D eigenvalue weighted by molar-refractivity contribution is 4.74. The molecule has 0 saturated carbocycles. The second-order valence-corrected chi connectivity index (χ2v) is 2.90. The molecule has 0 aliphatic rings. The van der Waals surface area contributed by atoms with Crippen LogP contribution in [0.2, 0.25) is 0 Å². The molecule has 62 valence electrons. The van der Waals surface area contributed by atoms with Crippen LogP contribution < -0.4 is 0 Å². The second-order valence-electron chi connectivity index (χ2n) is 2.90. The van der Waals surface area contributed by atoms with Crippen molar-refractivity contribution in [3.05, 3.63) is 13.3 Å². The van der Waals surface area contributed by atoms with Gasteiger partial charge in [-0.2, -0.15) is 0 Å². The minimum atomic E-state index is 0.843. The van der Waals surface area contributed by atoms with Crippen molar-refractivity contribution in [3.8, 4) is 5.92 Å². The van der Waals surface area contributed by atoms with E-state index in [1.54, 1.807) is 0 Å². The number of hydrogen-bond donors (Lipinski definition) is 0. The van der Waals surface area contributed by atoms with Gasteiger partial charge in [0.15, 0.2) is 0 Å². The molecule has 0 aliphatic heterocycles. The van der Waals surface area contributed by atoms with E-state index in [-0.39, 0.29) is 0 Å². The second kappa shape index (κ2) is 9.56. The van der Waals surface area contributed by atoms with Crippen LogP contribution in [-0.4, -0.2) is 0 Å². The van der Waals surface area contributed by atoms with Crippen LogP contribution in [-0.2, 0) is 0 Å². The van der Waals surface area contributed by atoms with Gasteiger partial charge in [-0.3, -0.25) is 0 Å². The zero-order chi connectivity index (χ0) is 8.36. The van der Waals surface area contributed by atoms with Crippen molar-refractivity contribution in [2.75, 3.05) is 0 Å². The summed E-state index contributed by atoms with van der Waals surface area (Å²) in [5.74, 6) is 2.41. The van der Waals surface area contributed by atoms with Gasteiger partial charge < -0.3 is 0 Å². The fourth-order valence-electron chi connectivity index (χ4n) is 1.10. The molecule has 0 N–H and O–H groups in total. The highest BCUT2D eigenvalue weighted by Gasteiger charge is 1.88. The lowest BCUT2D eigenvalue weighted by Gasteiger charge is -1.97. The molecule has 0 aromatic heterocycles. The molecule has 0 atom stereocenters. The van der Waals surface area contributed by atoms with Crippen LogP contribution in [0.3, 0.4) is 0 Å². The summed E-state index contributed by atoms with van der Waals surface area (Å²) in [6.07, 6.45) is 16.3. The van der Waals surface area contributed by atoms with Crippen LogP contribution >= 0.6 is 0 Å². The maximum absolute atomic E-state index is 6.69. The Morgan fingerprint density at radius 1 is 0.909 bits per heavy atom. The summed E-state index contributed by atoms with van der Waals surface area (Å²) < 4.78 is 0. The highest BCUT2D eigenvalue weighted by Crippen LogP contribution is 2.07. The summed E-state index contributed by atoms with van der Waals surface area (Å²) in [6, 6.07) is 0. The van der Waals surface area contributed by atoms with E-state index in [1.165, 1.54) is 32.1 Å². The number of hydrogen-bond acceptors (Lipinski definition) is 0. The first kappa shape index (κ1) is 10.6. The van der Waals surface area contributed by atoms with Crippen LogP contribution in [0.15, 0.2) is 0 Å². The first-order chi connectivity index (χ1) is 5.41. The normalized spacial score (nSPS) is 9.45. The fourth-order valence-corrected chi connectivity index (χ4v) is 1.10. The molecule has 0 aromatic rings. The van der Waals surface area contributed by atoms with Gasteiger partial charge in [0.1, 0.15) is 0 Å². The Bertz CT molecular complexity index is 97.1. The van der Waals surface area contributed by atoms with Gasteiger partial charge >= 0.3 is 0 Å². The molecule has 0 bridgehead atoms. The zero-order valence-electron chi connectivity index (χ0n) is 7.36. The maximum atomic E-state index is 6.69. The van der Waals surface area contributed by atoms with Gasteiger partial charge in [0.2, 0.25) is 0 Å². The monoisotopic (exact) mass is 150 g/mol. The van der Waals surface area contributed by atoms with E-state index in [0.717, 1.165) is 19.3 Å². The van der Waals surface area contributed by atoms with Crippen molar-refractivity contribution in [3.63, 3.8) is 0 Å². The standard InChI is InChI=1S/C11H18/c1-3-5-7-9-11-10-8-6-4-2/h1,3,5-11H2. The number of unbranched alkanes of at least 4 members (excludes halogenated alkanes) is 7. The molecule has 11 heavy (non-hydrogen) atoms. The summed E-state index contributed by atoms with van der Waals surface area (Å²) in [7, 11) is 0. The van der Waals surface area contributed by atoms with Gasteiger partial charge in [-0.1, -0.05) is 51.4 Å². The van der Waals surface area contributed by atoms with Crippen molar-refractivity contribution in [1.29, 1.82) is 0 Å². The van der Waals surface area contributed by atoms with Crippen molar-refractivity contribution in [2.24, 2.45) is 0 Å². The molecule has 0 heteroatoms. The Labute approximate surface area is 71.4 Å². The van der Waals surface area contributed by atoms with Crippen molar-refractivity contribution >= 4 is 0 Å². The average molecular weight is 150 g/mol. The molecule has 0 unspecified atom stereocenters. The first-order valence-corrected chi connectivity index (χ1v) is 4.60. The summed E-state index contributed by atoms with van der Waals surface area (Å²) in [4.78, 5) is 0. The minimum absolute atomic E-state index is 0.843. The molecule has 0 heterocycles. The summed E-state index contributed by atoms with van der Waals surface area (Å²) >= 11 is 0. The van der Waals surface area contributed by atoms with E-state index in [0.29, 0.717) is 0 Å². The van der Waals surface area contributed by atoms with Crippen molar-refractivity contribution in [1.82, 2.24) is 0 Å². The quantitative estimate of drug-likeness (QED) is 0.384. The lowest BCUT2D eigenvalue weighted by Crippen LogP contribution is -1.78. The predicted molar refractivity (Wildman–Crippen MR) is 49.4 cm³/mol. The van der Waals surface area contributed by atoms with Crippen LogP contribution in [0.4, 0.5) is 0 Å². The molecule has 0 spiro atoms. The lowest BCUT2D eigenvalue weighted by atomic mass is 10.1. The molecule has 0 aliphatic carbocycles. The number of rotatable bonds is 7. The van der Waals surface area contributed by atoms with Crippen LogP contribution in [0, 0.1) is 19.3 Å². The molecule has 0 amide bonds. The molecule has 0 aromatic carbocycles. The third-order valence-corrected chi connectivity index (χ3v) is 1.80. The lowest BCUT2D eigenvalue weighted by molar-refractivity contribution is 0.601. The summed E-state index contributed by atoms with van der Waals surface area (Å²) in [5.41, 5.74) is 0. The van der Waals surface area contributed by atoms with E-state index in [4.69, 9.17) is 6.42 Å². The van der Waals surface area contributed by atoms with Crippen LogP contribution in [0.25, 0.3) is 0 Å². The van der Waals surface area contributed by atoms with Gasteiger partial charge in [-0.05, 0) is 12.8 Å². The minimum Gasteiger partial charge on any atom is -0.0891 e. The van der Waals surface area contributed by atoms with Gasteiger partial charge in [-0.15, -0.1) is 0 Å². The Hall–Kier alpha value is -0.440. The summed E-state index contributed by atoms with van der Waals surface area (Å²) in [6.45, 7) is 3.80. The fraction of sp³-hybridized carbons (Fsp3) is 0.727. The molecule has 0 rings (SSSR count). The third-order valence-electron chi connectivity index (χ3n) is 1.80. The molecule has 0 saturated heterocycles. The van der Waals surface area contributed by atoms with E-state index in [2.05, 4.69) is 12.8 Å². The van der Waals surface area contributed by atoms with E-state index in [9.17, 15) is 0 Å². The van der Waals surface area contributed by atoms with Crippen molar-refractivity contribution < 1.29 is 0 Å². The van der Waals surface area contributed by atoms with Gasteiger partial charge in [0.05, 0.1) is 0 Å². The highest BCUT2D eigenvalue weighted by atomic mass is 13.9. The van der Waals surface area contributed by atoms with Crippen LogP contribution in [0.1, 0.15) is 51.4 Å². The smallest absolute Gasteiger partial charge is 0.00989 e. The Balaban J connectivity index is 2.75. The van der Waals surface area contributed by atoms with Crippen molar-refractivity contribution in [2.45, 2.75) is 51.4 Å². The Kier molecular flexibility index (Phi) is 9.18. The molecule has 2 radical (unpaired) electrons. The average Bonchev–Trinajstić information content (AvgIpc) is 2.03. The molecular formula is C11H18. The zero-order valence-corrected chi connectivity index (χ0v) is 7.36. The third kappa shape index (κ3) is 9.56. The largest absolute Gasteiger partial charge is 0.0891 e. The van der Waals surface area contributed by atoms with Gasteiger partial charge in [0.25, 0.3) is 0 Å². The first-order valence-electron chi connectivity index (χ1n) is 4.60. The Morgan fingerprint density at radius 3 is 2.00 bits per heavy atom. The maximum Gasteiger partial charge on any atom is 0.00989 e.